The van der Waals surface area contributed by atoms with Crippen molar-refractivity contribution < 1.29 is 4.79 Å². The van der Waals surface area contributed by atoms with Crippen molar-refractivity contribution in [3.05, 3.63) is 52.7 Å². The molecule has 0 bridgehead atoms. The summed E-state index contributed by atoms with van der Waals surface area (Å²) >= 11 is 1.30. The number of benzene rings is 1. The van der Waals surface area contributed by atoms with Crippen molar-refractivity contribution >= 4 is 23.4 Å². The van der Waals surface area contributed by atoms with Crippen LogP contribution in [0.2, 0.25) is 0 Å². The normalized spacial score (nSPS) is 10.2. The average Bonchev–Trinajstić information content (AvgIpc) is 2.56. The molecule has 1 amide bonds. The average molecular weight is 339 g/mol. The molecule has 0 saturated carbocycles. The van der Waals surface area contributed by atoms with Gasteiger partial charge in [-0.1, -0.05) is 42.8 Å². The molecule has 24 heavy (non-hydrogen) atoms. The highest BCUT2D eigenvalue weighted by Gasteiger charge is 2.10. The van der Waals surface area contributed by atoms with Crippen LogP contribution in [0.5, 0.6) is 0 Å². The van der Waals surface area contributed by atoms with Crippen LogP contribution in [-0.4, -0.2) is 16.6 Å². The van der Waals surface area contributed by atoms with Gasteiger partial charge in [0.25, 0.3) is 0 Å². The first-order valence-corrected chi connectivity index (χ1v) is 8.92. The summed E-state index contributed by atoms with van der Waals surface area (Å²) in [6, 6.07) is 11.7. The van der Waals surface area contributed by atoms with Gasteiger partial charge in [-0.05, 0) is 44.0 Å². The maximum Gasteiger partial charge on any atom is 0.234 e. The molecule has 0 saturated heterocycles. The van der Waals surface area contributed by atoms with Crippen molar-refractivity contribution in [1.82, 2.24) is 4.98 Å². The van der Waals surface area contributed by atoms with E-state index in [4.69, 9.17) is 0 Å². The fraction of sp³-hybridized carbons (Fsp3) is 0.316. The van der Waals surface area contributed by atoms with Gasteiger partial charge in [-0.2, -0.15) is 5.26 Å². The van der Waals surface area contributed by atoms with Gasteiger partial charge in [-0.3, -0.25) is 4.79 Å². The Hall–Kier alpha value is -2.32. The number of carbonyl (C=O) groups excluding carboxylic acids is 1. The molecule has 0 unspecified atom stereocenters. The monoisotopic (exact) mass is 339 g/mol. The van der Waals surface area contributed by atoms with Gasteiger partial charge in [-0.15, -0.1) is 0 Å². The second-order valence-corrected chi connectivity index (χ2v) is 6.64. The number of hydrogen-bond donors (Lipinski definition) is 1. The number of nitrogens with zero attached hydrogens (tertiary/aromatic N) is 2. The molecule has 1 aromatic heterocycles. The number of anilines is 1. The van der Waals surface area contributed by atoms with Crippen LogP contribution < -0.4 is 5.32 Å². The van der Waals surface area contributed by atoms with Crippen molar-refractivity contribution in [1.29, 1.82) is 5.26 Å². The number of nitriles is 1. The number of thioether (sulfide) groups is 1. The summed E-state index contributed by atoms with van der Waals surface area (Å²) in [5.74, 6) is 0.128. The first-order chi connectivity index (χ1) is 11.5. The van der Waals surface area contributed by atoms with Crippen LogP contribution in [-0.2, 0) is 11.2 Å². The van der Waals surface area contributed by atoms with Gasteiger partial charge in [-0.25, -0.2) is 4.98 Å². The molecule has 4 nitrogen and oxygen atoms in total. The lowest BCUT2D eigenvalue weighted by atomic mass is 10.1. The van der Waals surface area contributed by atoms with E-state index in [9.17, 15) is 10.1 Å². The molecule has 1 N–H and O–H groups in total. The highest BCUT2D eigenvalue weighted by Crippen LogP contribution is 2.22. The first kappa shape index (κ1) is 18.0. The summed E-state index contributed by atoms with van der Waals surface area (Å²) < 4.78 is 0. The minimum Gasteiger partial charge on any atom is -0.325 e. The van der Waals surface area contributed by atoms with Crippen molar-refractivity contribution in [2.24, 2.45) is 0 Å². The summed E-state index contributed by atoms with van der Waals surface area (Å²) in [6.45, 7) is 6.08. The number of amides is 1. The molecule has 0 spiro atoms. The molecule has 0 radical (unpaired) electrons. The van der Waals surface area contributed by atoms with E-state index in [2.05, 4.69) is 23.3 Å². The number of aryl methyl sites for hydroxylation is 3. The molecule has 0 aliphatic rings. The van der Waals surface area contributed by atoms with Gasteiger partial charge in [0.05, 0.1) is 11.3 Å². The zero-order chi connectivity index (χ0) is 17.5. The molecule has 5 heteroatoms. The molecule has 2 rings (SSSR count). The van der Waals surface area contributed by atoms with Crippen LogP contribution in [0.1, 0.15) is 35.7 Å². The Bertz CT molecular complexity index is 781. The molecule has 1 heterocycles. The third-order valence-corrected chi connectivity index (χ3v) is 4.53. The predicted octanol–water partition coefficient (Wildman–Crippen LogP) is 4.25. The summed E-state index contributed by atoms with van der Waals surface area (Å²) in [7, 11) is 0. The van der Waals surface area contributed by atoms with E-state index in [0.29, 0.717) is 10.6 Å². The summed E-state index contributed by atoms with van der Waals surface area (Å²) in [6.07, 6.45) is 1.87. The molecular formula is C19H21N3OS. The second-order valence-electron chi connectivity index (χ2n) is 5.67. The van der Waals surface area contributed by atoms with Crippen LogP contribution in [0.25, 0.3) is 0 Å². The minimum atomic E-state index is -0.0986. The lowest BCUT2D eigenvalue weighted by molar-refractivity contribution is -0.113. The van der Waals surface area contributed by atoms with Crippen LogP contribution in [0.3, 0.4) is 0 Å². The Labute approximate surface area is 147 Å². The molecular weight excluding hydrogens is 318 g/mol. The maximum atomic E-state index is 12.2. The van der Waals surface area contributed by atoms with Gasteiger partial charge in [0.1, 0.15) is 11.1 Å². The van der Waals surface area contributed by atoms with Gasteiger partial charge < -0.3 is 5.32 Å². The lowest BCUT2D eigenvalue weighted by Crippen LogP contribution is -2.15. The molecule has 0 aliphatic carbocycles. The number of pyridine rings is 1. The van der Waals surface area contributed by atoms with E-state index in [0.717, 1.165) is 35.3 Å². The highest BCUT2D eigenvalue weighted by atomic mass is 32.2. The summed E-state index contributed by atoms with van der Waals surface area (Å²) in [5, 5.41) is 12.7. The largest absolute Gasteiger partial charge is 0.325 e. The van der Waals surface area contributed by atoms with Crippen LogP contribution >= 0.6 is 11.8 Å². The first-order valence-electron chi connectivity index (χ1n) is 7.93. The number of nitrogens with one attached hydrogen (secondary N) is 1. The number of carbonyl (C=O) groups is 1. The van der Waals surface area contributed by atoms with E-state index in [1.54, 1.807) is 6.07 Å². The molecule has 0 atom stereocenters. The smallest absolute Gasteiger partial charge is 0.234 e. The number of rotatable bonds is 6. The topological polar surface area (TPSA) is 65.8 Å². The van der Waals surface area contributed by atoms with Crippen LogP contribution in [0.15, 0.2) is 35.4 Å². The van der Waals surface area contributed by atoms with Crippen molar-refractivity contribution in [2.75, 3.05) is 11.1 Å². The van der Waals surface area contributed by atoms with E-state index in [-0.39, 0.29) is 11.7 Å². The van der Waals surface area contributed by atoms with Gasteiger partial charge in [0.2, 0.25) is 5.91 Å². The maximum absolute atomic E-state index is 12.2. The fourth-order valence-corrected chi connectivity index (χ4v) is 3.13. The quantitative estimate of drug-likeness (QED) is 0.799. The van der Waals surface area contributed by atoms with Crippen molar-refractivity contribution in [2.45, 2.75) is 38.6 Å². The highest BCUT2D eigenvalue weighted by molar-refractivity contribution is 8.00. The summed E-state index contributed by atoms with van der Waals surface area (Å²) in [4.78, 5) is 16.7. The fourth-order valence-electron chi connectivity index (χ4n) is 2.34. The van der Waals surface area contributed by atoms with Crippen molar-refractivity contribution in [3.63, 3.8) is 0 Å². The van der Waals surface area contributed by atoms with Gasteiger partial charge in [0, 0.05) is 11.4 Å². The molecule has 0 aliphatic heterocycles. The van der Waals surface area contributed by atoms with E-state index < -0.39 is 0 Å². The Kier molecular flexibility index (Phi) is 6.39. The van der Waals surface area contributed by atoms with E-state index in [1.165, 1.54) is 11.8 Å². The Morgan fingerprint density at radius 2 is 2.08 bits per heavy atom. The predicted molar refractivity (Wildman–Crippen MR) is 98.2 cm³/mol. The standard InChI is InChI=1S/C19H21N3OS/c1-4-5-16-8-7-15(11-20)19(21-16)24-12-18(23)22-17-9-6-13(2)10-14(17)3/h6-10H,4-5,12H2,1-3H3,(H,22,23). The lowest BCUT2D eigenvalue weighted by Gasteiger charge is -2.09. The van der Waals surface area contributed by atoms with E-state index in [1.807, 2.05) is 38.1 Å². The zero-order valence-electron chi connectivity index (χ0n) is 14.2. The van der Waals surface area contributed by atoms with Crippen LogP contribution in [0.4, 0.5) is 5.69 Å². The molecule has 2 aromatic rings. The molecule has 1 aromatic carbocycles. The Balaban J connectivity index is 2.03. The second kappa shape index (κ2) is 8.51. The summed E-state index contributed by atoms with van der Waals surface area (Å²) in [5.41, 5.74) is 4.48. The minimum absolute atomic E-state index is 0.0986. The number of hydrogen-bond acceptors (Lipinski definition) is 4. The Morgan fingerprint density at radius 1 is 1.29 bits per heavy atom. The van der Waals surface area contributed by atoms with E-state index >= 15 is 0 Å². The van der Waals surface area contributed by atoms with Crippen molar-refractivity contribution in [3.8, 4) is 6.07 Å². The third kappa shape index (κ3) is 4.84. The van der Waals surface area contributed by atoms with Gasteiger partial charge >= 0.3 is 0 Å². The molecule has 124 valence electrons. The van der Waals surface area contributed by atoms with Gasteiger partial charge in [0.15, 0.2) is 0 Å². The zero-order valence-corrected chi connectivity index (χ0v) is 15.0. The number of aromatic nitrogens is 1. The third-order valence-electron chi connectivity index (χ3n) is 3.54. The molecule has 0 fully saturated rings. The van der Waals surface area contributed by atoms with Crippen LogP contribution in [0, 0.1) is 25.2 Å². The SMILES string of the molecule is CCCc1ccc(C#N)c(SCC(=O)Nc2ccc(C)cc2C)n1. The Morgan fingerprint density at radius 3 is 2.75 bits per heavy atom.